The van der Waals surface area contributed by atoms with Gasteiger partial charge >= 0.3 is 5.97 Å². The fourth-order valence-corrected chi connectivity index (χ4v) is 4.03. The second kappa shape index (κ2) is 12.2. The van der Waals surface area contributed by atoms with Gasteiger partial charge in [0.05, 0.1) is 12.6 Å². The first-order chi connectivity index (χ1) is 15.7. The Morgan fingerprint density at radius 2 is 1.88 bits per heavy atom. The lowest BCUT2D eigenvalue weighted by atomic mass is 9.99. The molecule has 0 saturated carbocycles. The molecule has 1 aliphatic heterocycles. The van der Waals surface area contributed by atoms with Gasteiger partial charge in [0.25, 0.3) is 0 Å². The zero-order valence-electron chi connectivity index (χ0n) is 20.1. The first-order valence-electron chi connectivity index (χ1n) is 11.3. The number of esters is 1. The van der Waals surface area contributed by atoms with Gasteiger partial charge in [0.15, 0.2) is 0 Å². The maximum atomic E-state index is 13.2. The van der Waals surface area contributed by atoms with E-state index in [9.17, 15) is 19.2 Å². The van der Waals surface area contributed by atoms with Gasteiger partial charge in [-0.3, -0.25) is 14.4 Å². The molecule has 3 amide bonds. The molecule has 1 N–H and O–H groups in total. The van der Waals surface area contributed by atoms with Crippen LogP contribution in [0.25, 0.3) is 0 Å². The average molecular weight is 458 g/mol. The van der Waals surface area contributed by atoms with Crippen LogP contribution >= 0.6 is 0 Å². The Bertz CT molecular complexity index is 868. The third kappa shape index (κ3) is 6.91. The second-order valence-electron chi connectivity index (χ2n) is 8.73. The summed E-state index contributed by atoms with van der Waals surface area (Å²) in [5.41, 5.74) is 1.36. The van der Waals surface area contributed by atoms with Crippen molar-refractivity contribution >= 4 is 24.2 Å². The molecule has 8 heteroatoms. The fraction of sp³-hybridized carbons (Fsp3) is 0.520. The minimum Gasteiger partial charge on any atom is -0.456 e. The zero-order valence-corrected chi connectivity index (χ0v) is 20.1. The number of ether oxygens (including phenoxy) is 1. The molecule has 2 rings (SSSR count). The lowest BCUT2D eigenvalue weighted by Gasteiger charge is -2.30. The summed E-state index contributed by atoms with van der Waals surface area (Å²) in [6, 6.07) is 8.52. The third-order valence-corrected chi connectivity index (χ3v) is 5.97. The molecule has 1 fully saturated rings. The normalized spacial score (nSPS) is 17.9. The number of nitrogens with one attached hydrogen (secondary N) is 1. The predicted molar refractivity (Wildman–Crippen MR) is 125 cm³/mol. The van der Waals surface area contributed by atoms with Crippen molar-refractivity contribution in [3.63, 3.8) is 0 Å². The largest absolute Gasteiger partial charge is 0.456 e. The SMILES string of the molecule is C/C(=C\[C@H](C(C)C)N(C)C(=O)CNC=O)C(=O)N1CCC[C@H]1C(=O)OC(C)c1ccccc1. The first-order valence-corrected chi connectivity index (χ1v) is 11.3. The van der Waals surface area contributed by atoms with E-state index >= 15 is 0 Å². The van der Waals surface area contributed by atoms with E-state index in [1.807, 2.05) is 51.1 Å². The molecule has 1 aromatic carbocycles. The van der Waals surface area contributed by atoms with E-state index in [2.05, 4.69) is 5.32 Å². The molecule has 0 spiro atoms. The van der Waals surface area contributed by atoms with Crippen molar-refractivity contribution in [3.8, 4) is 0 Å². The van der Waals surface area contributed by atoms with Crippen LogP contribution in [0.1, 0.15) is 52.2 Å². The molecule has 1 aliphatic rings. The summed E-state index contributed by atoms with van der Waals surface area (Å²) in [5, 5.41) is 2.37. The molecular weight excluding hydrogens is 422 g/mol. The quantitative estimate of drug-likeness (QED) is 0.331. The van der Waals surface area contributed by atoms with Crippen LogP contribution in [0.5, 0.6) is 0 Å². The molecule has 0 aromatic heterocycles. The minimum absolute atomic E-state index is 0.0454. The zero-order chi connectivity index (χ0) is 24.5. The van der Waals surface area contributed by atoms with Crippen LogP contribution in [-0.4, -0.2) is 66.2 Å². The van der Waals surface area contributed by atoms with Crippen LogP contribution in [0.15, 0.2) is 42.0 Å². The molecule has 1 aromatic rings. The summed E-state index contributed by atoms with van der Waals surface area (Å²) in [6.45, 7) is 7.80. The van der Waals surface area contributed by atoms with Gasteiger partial charge in [-0.1, -0.05) is 50.3 Å². The lowest BCUT2D eigenvalue weighted by Crippen LogP contribution is -2.45. The molecule has 3 atom stereocenters. The van der Waals surface area contributed by atoms with E-state index in [1.165, 1.54) is 4.90 Å². The molecular formula is C25H35N3O5. The molecule has 0 aliphatic carbocycles. The molecule has 1 unspecified atom stereocenters. The van der Waals surface area contributed by atoms with Crippen molar-refractivity contribution < 1.29 is 23.9 Å². The molecule has 0 bridgehead atoms. The van der Waals surface area contributed by atoms with Crippen LogP contribution in [0.2, 0.25) is 0 Å². The monoisotopic (exact) mass is 457 g/mol. The minimum atomic E-state index is -0.624. The lowest BCUT2D eigenvalue weighted by molar-refractivity contribution is -0.156. The van der Waals surface area contributed by atoms with Crippen molar-refractivity contribution in [1.82, 2.24) is 15.1 Å². The Balaban J connectivity index is 2.11. The van der Waals surface area contributed by atoms with E-state index in [0.717, 1.165) is 12.0 Å². The highest BCUT2D eigenvalue weighted by Crippen LogP contribution is 2.25. The van der Waals surface area contributed by atoms with Gasteiger partial charge in [-0.15, -0.1) is 0 Å². The Labute approximate surface area is 195 Å². The summed E-state index contributed by atoms with van der Waals surface area (Å²) in [4.78, 5) is 52.0. The summed E-state index contributed by atoms with van der Waals surface area (Å²) < 4.78 is 5.67. The van der Waals surface area contributed by atoms with E-state index in [4.69, 9.17) is 4.74 Å². The number of benzene rings is 1. The van der Waals surface area contributed by atoms with Crippen LogP contribution in [0.4, 0.5) is 0 Å². The second-order valence-corrected chi connectivity index (χ2v) is 8.73. The Morgan fingerprint density at radius 3 is 2.48 bits per heavy atom. The van der Waals surface area contributed by atoms with Crippen LogP contribution in [0.3, 0.4) is 0 Å². The first kappa shape index (κ1) is 26.1. The third-order valence-electron chi connectivity index (χ3n) is 5.97. The summed E-state index contributed by atoms with van der Waals surface area (Å²) in [5.74, 6) is -0.851. The summed E-state index contributed by atoms with van der Waals surface area (Å²) in [6.07, 6.45) is 3.12. The number of rotatable bonds is 10. The van der Waals surface area contributed by atoms with Crippen LogP contribution in [0, 0.1) is 5.92 Å². The van der Waals surface area contributed by atoms with Crippen LogP contribution < -0.4 is 5.32 Å². The Hall–Kier alpha value is -3.16. The molecule has 180 valence electrons. The Kier molecular flexibility index (Phi) is 9.63. The maximum Gasteiger partial charge on any atom is 0.329 e. The smallest absolute Gasteiger partial charge is 0.329 e. The predicted octanol–water partition coefficient (Wildman–Crippen LogP) is 2.46. The van der Waals surface area contributed by atoms with Gasteiger partial charge in [0.1, 0.15) is 12.1 Å². The Morgan fingerprint density at radius 1 is 1.21 bits per heavy atom. The number of amides is 3. The number of hydrogen-bond donors (Lipinski definition) is 1. The van der Waals surface area contributed by atoms with Crippen LogP contribution in [-0.2, 0) is 23.9 Å². The van der Waals surface area contributed by atoms with Crippen molar-refractivity contribution in [1.29, 1.82) is 0 Å². The summed E-state index contributed by atoms with van der Waals surface area (Å²) >= 11 is 0. The average Bonchev–Trinajstić information content (AvgIpc) is 3.30. The number of carbonyl (C=O) groups is 4. The van der Waals surface area contributed by atoms with E-state index in [0.29, 0.717) is 24.9 Å². The molecule has 33 heavy (non-hydrogen) atoms. The topological polar surface area (TPSA) is 96.0 Å². The van der Waals surface area contributed by atoms with E-state index in [1.54, 1.807) is 24.9 Å². The van der Waals surface area contributed by atoms with Gasteiger partial charge in [0.2, 0.25) is 18.2 Å². The fourth-order valence-electron chi connectivity index (χ4n) is 4.03. The molecule has 1 heterocycles. The van der Waals surface area contributed by atoms with E-state index < -0.39 is 18.1 Å². The summed E-state index contributed by atoms with van der Waals surface area (Å²) in [7, 11) is 1.65. The highest BCUT2D eigenvalue weighted by atomic mass is 16.5. The van der Waals surface area contributed by atoms with E-state index in [-0.39, 0.29) is 30.3 Å². The van der Waals surface area contributed by atoms with Gasteiger partial charge in [-0.05, 0) is 38.2 Å². The van der Waals surface area contributed by atoms with Crippen molar-refractivity contribution in [2.75, 3.05) is 20.1 Å². The highest BCUT2D eigenvalue weighted by Gasteiger charge is 2.36. The number of likely N-dealkylation sites (tertiary alicyclic amines) is 1. The number of carbonyl (C=O) groups excluding carboxylic acids is 4. The molecule has 8 nitrogen and oxygen atoms in total. The van der Waals surface area contributed by atoms with Gasteiger partial charge in [-0.25, -0.2) is 4.79 Å². The molecule has 0 radical (unpaired) electrons. The number of nitrogens with zero attached hydrogens (tertiary/aromatic N) is 2. The maximum absolute atomic E-state index is 13.2. The standard InChI is InChI=1S/C25H35N3O5/c1-17(2)22(27(5)23(30)15-26-16-29)14-18(3)24(31)28-13-9-12-21(28)25(32)33-19(4)20-10-7-6-8-11-20/h6-8,10-11,14,16-17,19,21-22H,9,12-13,15H2,1-5H3,(H,26,29)/b18-14+/t19?,21-,22+/m0/s1. The van der Waals surface area contributed by atoms with Crippen molar-refractivity contribution in [2.45, 2.75) is 58.7 Å². The van der Waals surface area contributed by atoms with Crippen molar-refractivity contribution in [2.24, 2.45) is 5.92 Å². The van der Waals surface area contributed by atoms with Crippen molar-refractivity contribution in [3.05, 3.63) is 47.5 Å². The van der Waals surface area contributed by atoms with Gasteiger partial charge < -0.3 is 19.9 Å². The van der Waals surface area contributed by atoms with Gasteiger partial charge in [-0.2, -0.15) is 0 Å². The van der Waals surface area contributed by atoms with Gasteiger partial charge in [0, 0.05) is 19.2 Å². The highest BCUT2D eigenvalue weighted by molar-refractivity contribution is 5.96. The molecule has 1 saturated heterocycles. The number of likely N-dealkylation sites (N-methyl/N-ethyl adjacent to an activating group) is 1. The number of hydrogen-bond acceptors (Lipinski definition) is 5.